The highest BCUT2D eigenvalue weighted by Gasteiger charge is 2.18. The molecule has 0 aliphatic rings. The first-order valence-electron chi connectivity index (χ1n) is 22.2. The van der Waals surface area contributed by atoms with Gasteiger partial charge in [-0.2, -0.15) is 0 Å². The summed E-state index contributed by atoms with van der Waals surface area (Å²) in [4.78, 5) is 47.5. The molecule has 0 fully saturated rings. The lowest BCUT2D eigenvalue weighted by atomic mass is 10.0. The van der Waals surface area contributed by atoms with Crippen LogP contribution < -0.4 is 10.6 Å². The smallest absolute Gasteiger partial charge is 0.328 e. The van der Waals surface area contributed by atoms with E-state index in [1.54, 1.807) is 0 Å². The number of hydrogen-bond acceptors (Lipinski definition) is 6. The van der Waals surface area contributed by atoms with Gasteiger partial charge in [-0.15, -0.1) is 0 Å². The van der Waals surface area contributed by atoms with Crippen molar-refractivity contribution in [3.05, 3.63) is 24.3 Å². The van der Waals surface area contributed by atoms with E-state index in [1.807, 2.05) is 6.08 Å². The fourth-order valence-corrected chi connectivity index (χ4v) is 6.47. The number of aliphatic hydroxyl groups is 1. The summed E-state index contributed by atoms with van der Waals surface area (Å²) in [7, 11) is 0. The Labute approximate surface area is 330 Å². The van der Waals surface area contributed by atoms with Crippen molar-refractivity contribution in [1.82, 2.24) is 10.6 Å². The van der Waals surface area contributed by atoms with E-state index in [-0.39, 0.29) is 30.9 Å². The minimum Gasteiger partial charge on any atom is -0.480 e. The molecule has 314 valence electrons. The van der Waals surface area contributed by atoms with Gasteiger partial charge >= 0.3 is 11.9 Å². The lowest BCUT2D eigenvalue weighted by Gasteiger charge is -2.15. The largest absolute Gasteiger partial charge is 0.480 e. The predicted octanol–water partition coefficient (Wildman–Crippen LogP) is 10.8. The first-order valence-corrected chi connectivity index (χ1v) is 22.2. The fourth-order valence-electron chi connectivity index (χ4n) is 6.47. The van der Waals surface area contributed by atoms with Crippen LogP contribution in [0.25, 0.3) is 0 Å². The van der Waals surface area contributed by atoms with Gasteiger partial charge in [0.05, 0.1) is 13.2 Å². The quantitative estimate of drug-likeness (QED) is 0.0276. The molecule has 4 N–H and O–H groups in total. The predicted molar refractivity (Wildman–Crippen MR) is 222 cm³/mol. The molecule has 0 heterocycles. The van der Waals surface area contributed by atoms with Gasteiger partial charge in [-0.05, 0) is 44.6 Å². The molecular formula is C45H82N2O7. The van der Waals surface area contributed by atoms with Gasteiger partial charge in [-0.3, -0.25) is 14.4 Å². The summed E-state index contributed by atoms with van der Waals surface area (Å²) in [6, 6.07) is -1.39. The third kappa shape index (κ3) is 36.3. The molecule has 0 aromatic rings. The second kappa shape index (κ2) is 40.0. The van der Waals surface area contributed by atoms with E-state index < -0.39 is 24.5 Å². The highest BCUT2D eigenvalue weighted by atomic mass is 16.5. The maximum absolute atomic E-state index is 12.7. The third-order valence-corrected chi connectivity index (χ3v) is 9.94. The summed E-state index contributed by atoms with van der Waals surface area (Å²) >= 11 is 0. The normalized spacial score (nSPS) is 12.6. The van der Waals surface area contributed by atoms with Crippen molar-refractivity contribution >= 4 is 23.8 Å². The van der Waals surface area contributed by atoms with Crippen molar-refractivity contribution in [2.24, 2.45) is 0 Å². The van der Waals surface area contributed by atoms with Crippen LogP contribution in [0.5, 0.6) is 0 Å². The molecule has 0 rings (SSSR count). The van der Waals surface area contributed by atoms with E-state index in [1.165, 1.54) is 128 Å². The average molecular weight is 763 g/mol. The Morgan fingerprint density at radius 3 is 1.56 bits per heavy atom. The molecule has 2 amide bonds. The van der Waals surface area contributed by atoms with Crippen LogP contribution in [0.2, 0.25) is 0 Å². The Bertz CT molecular complexity index is 968. The summed E-state index contributed by atoms with van der Waals surface area (Å²) in [5, 5.41) is 22.5. The van der Waals surface area contributed by atoms with Gasteiger partial charge in [0.15, 0.2) is 0 Å². The van der Waals surface area contributed by atoms with Gasteiger partial charge in [0.25, 0.3) is 0 Å². The number of carboxylic acids is 1. The molecule has 0 bridgehead atoms. The first kappa shape index (κ1) is 51.3. The van der Waals surface area contributed by atoms with Crippen molar-refractivity contribution < 1.29 is 34.1 Å². The molecule has 0 saturated heterocycles. The Balaban J connectivity index is 4.10. The van der Waals surface area contributed by atoms with E-state index in [9.17, 15) is 19.2 Å². The van der Waals surface area contributed by atoms with Gasteiger partial charge in [0.1, 0.15) is 12.1 Å². The number of nitrogens with one attached hydrogen (secondary N) is 2. The van der Waals surface area contributed by atoms with Crippen LogP contribution in [0.3, 0.4) is 0 Å². The first-order chi connectivity index (χ1) is 26.3. The zero-order valence-corrected chi connectivity index (χ0v) is 34.7. The summed E-state index contributed by atoms with van der Waals surface area (Å²) in [5.41, 5.74) is 0. The van der Waals surface area contributed by atoms with Crippen LogP contribution in [0.4, 0.5) is 0 Å². The number of allylic oxidation sites excluding steroid dienone is 3. The molecule has 54 heavy (non-hydrogen) atoms. The number of carbonyl (C=O) groups excluding carboxylic acids is 3. The van der Waals surface area contributed by atoms with Gasteiger partial charge in [-0.1, -0.05) is 180 Å². The number of rotatable bonds is 40. The summed E-state index contributed by atoms with van der Waals surface area (Å²) < 4.78 is 5.88. The summed E-state index contributed by atoms with van der Waals surface area (Å²) in [6.07, 6.45) is 43.9. The number of hydrogen-bond donors (Lipinski definition) is 4. The number of amides is 2. The molecule has 0 aliphatic carbocycles. The van der Waals surface area contributed by atoms with Crippen molar-refractivity contribution in [3.63, 3.8) is 0 Å². The lowest BCUT2D eigenvalue weighted by Crippen LogP contribution is -2.47. The van der Waals surface area contributed by atoms with Crippen LogP contribution in [0, 0.1) is 0 Å². The zero-order valence-electron chi connectivity index (χ0n) is 34.7. The van der Waals surface area contributed by atoms with Gasteiger partial charge in [0, 0.05) is 12.8 Å². The molecule has 0 radical (unpaired) electrons. The van der Waals surface area contributed by atoms with Crippen LogP contribution >= 0.6 is 0 Å². The molecule has 0 spiro atoms. The molecular weight excluding hydrogens is 681 g/mol. The highest BCUT2D eigenvalue weighted by Crippen LogP contribution is 2.16. The number of carboxylic acid groups (broad SMARTS) is 1. The van der Waals surface area contributed by atoms with Crippen LogP contribution in [0.1, 0.15) is 213 Å². The zero-order chi connectivity index (χ0) is 39.7. The molecule has 0 aromatic carbocycles. The van der Waals surface area contributed by atoms with E-state index in [0.29, 0.717) is 12.8 Å². The van der Waals surface area contributed by atoms with Crippen molar-refractivity contribution in [2.75, 3.05) is 13.2 Å². The van der Waals surface area contributed by atoms with Gasteiger partial charge in [0.2, 0.25) is 11.8 Å². The molecule has 9 nitrogen and oxygen atoms in total. The van der Waals surface area contributed by atoms with Crippen molar-refractivity contribution in [1.29, 1.82) is 0 Å². The standard InChI is InChI=1S/C45H82N2O7/c1-3-5-7-9-11-12-13-14-15-16-17-18-19-20-21-22-23-25-27-33-37-44(51)54-40(34-30-26-24-10-8-6-4-2)35-31-28-29-32-36-42(49)46-38-43(50)47-41(39-48)45(52)53/h10,24,30,34,40-41,48H,3-9,11-23,25-29,31-33,35-39H2,1-2H3,(H,46,49)(H,47,50)(H,52,53)/b24-10-,34-30-. The Morgan fingerprint density at radius 1 is 0.574 bits per heavy atom. The molecule has 9 heteroatoms. The van der Waals surface area contributed by atoms with Gasteiger partial charge < -0.3 is 25.6 Å². The van der Waals surface area contributed by atoms with E-state index in [0.717, 1.165) is 51.4 Å². The highest BCUT2D eigenvalue weighted by molar-refractivity contribution is 5.87. The van der Waals surface area contributed by atoms with E-state index >= 15 is 0 Å². The number of ether oxygens (including phenoxy) is 1. The van der Waals surface area contributed by atoms with Crippen LogP contribution in [-0.4, -0.2) is 59.3 Å². The van der Waals surface area contributed by atoms with Crippen molar-refractivity contribution in [3.8, 4) is 0 Å². The topological polar surface area (TPSA) is 142 Å². The molecule has 0 aliphatic heterocycles. The van der Waals surface area contributed by atoms with Gasteiger partial charge in [-0.25, -0.2) is 4.79 Å². The fraction of sp³-hybridized carbons (Fsp3) is 0.822. The minimum absolute atomic E-state index is 0.125. The Morgan fingerprint density at radius 2 is 1.06 bits per heavy atom. The van der Waals surface area contributed by atoms with Crippen LogP contribution in [-0.2, 0) is 23.9 Å². The van der Waals surface area contributed by atoms with E-state index in [4.69, 9.17) is 14.9 Å². The number of esters is 1. The number of aliphatic carboxylic acids is 1. The maximum Gasteiger partial charge on any atom is 0.328 e. The maximum atomic E-state index is 12.7. The minimum atomic E-state index is -1.39. The molecule has 2 unspecified atom stereocenters. The lowest BCUT2D eigenvalue weighted by molar-refractivity contribution is -0.147. The molecule has 0 saturated carbocycles. The Kier molecular flexibility index (Phi) is 38.0. The number of unbranched alkanes of at least 4 members (excludes halogenated alkanes) is 24. The third-order valence-electron chi connectivity index (χ3n) is 9.94. The Hall–Kier alpha value is -2.68. The summed E-state index contributed by atoms with van der Waals surface area (Å²) in [6.45, 7) is 3.41. The molecule has 0 aromatic heterocycles. The monoisotopic (exact) mass is 763 g/mol. The van der Waals surface area contributed by atoms with Crippen LogP contribution in [0.15, 0.2) is 24.3 Å². The SMILES string of the molecule is CCCC/C=C\C/C=C\C(CCCCCCC(=O)NCC(=O)NC(CO)C(=O)O)OC(=O)CCCCCCCCCCCCCCCCCCCCCC. The second-order valence-electron chi connectivity index (χ2n) is 15.1. The number of aliphatic hydroxyl groups excluding tert-OH is 1. The number of carbonyl (C=O) groups is 4. The summed E-state index contributed by atoms with van der Waals surface area (Å²) in [5.74, 6) is -2.41. The second-order valence-corrected chi connectivity index (χ2v) is 15.1. The molecule has 2 atom stereocenters. The average Bonchev–Trinajstić information content (AvgIpc) is 3.15. The van der Waals surface area contributed by atoms with E-state index in [2.05, 4.69) is 42.7 Å². The van der Waals surface area contributed by atoms with Crippen molar-refractivity contribution in [2.45, 2.75) is 225 Å².